The molecule has 2 heterocycles. The summed E-state index contributed by atoms with van der Waals surface area (Å²) < 4.78 is 4.87. The standard InChI is InChI=1S/C13H22N4O2/c1-10(11-3-2-5-14-8-11)7-12(18)15-6-4-13-16-9-17-19-13/h9-11,14H,2-8H2,1H3,(H,15,18). The van der Waals surface area contributed by atoms with Crippen LogP contribution in [0.4, 0.5) is 0 Å². The third-order valence-corrected chi connectivity index (χ3v) is 3.72. The van der Waals surface area contributed by atoms with Crippen molar-refractivity contribution in [3.63, 3.8) is 0 Å². The minimum Gasteiger partial charge on any atom is -0.356 e. The van der Waals surface area contributed by atoms with E-state index in [2.05, 4.69) is 27.7 Å². The normalized spacial score (nSPS) is 21.0. The number of carbonyl (C=O) groups is 1. The van der Waals surface area contributed by atoms with Gasteiger partial charge in [0.05, 0.1) is 0 Å². The van der Waals surface area contributed by atoms with E-state index in [4.69, 9.17) is 4.52 Å². The second kappa shape index (κ2) is 7.23. The van der Waals surface area contributed by atoms with Gasteiger partial charge in [0, 0.05) is 19.4 Å². The summed E-state index contributed by atoms with van der Waals surface area (Å²) in [4.78, 5) is 15.7. The first-order valence-electron chi connectivity index (χ1n) is 6.98. The summed E-state index contributed by atoms with van der Waals surface area (Å²) in [5.74, 6) is 1.72. The van der Waals surface area contributed by atoms with Crippen LogP contribution in [-0.2, 0) is 11.2 Å². The lowest BCUT2D eigenvalue weighted by molar-refractivity contribution is -0.122. The van der Waals surface area contributed by atoms with E-state index >= 15 is 0 Å². The highest BCUT2D eigenvalue weighted by Crippen LogP contribution is 2.22. The summed E-state index contributed by atoms with van der Waals surface area (Å²) in [5.41, 5.74) is 0. The zero-order chi connectivity index (χ0) is 13.5. The predicted octanol–water partition coefficient (Wildman–Crippen LogP) is 0.754. The van der Waals surface area contributed by atoms with Gasteiger partial charge >= 0.3 is 0 Å². The number of hydrogen-bond acceptors (Lipinski definition) is 5. The second-order valence-electron chi connectivity index (χ2n) is 5.22. The van der Waals surface area contributed by atoms with E-state index in [-0.39, 0.29) is 5.91 Å². The van der Waals surface area contributed by atoms with Gasteiger partial charge in [-0.25, -0.2) is 0 Å². The van der Waals surface area contributed by atoms with E-state index in [0.717, 1.165) is 13.1 Å². The molecule has 19 heavy (non-hydrogen) atoms. The number of piperidine rings is 1. The van der Waals surface area contributed by atoms with E-state index in [9.17, 15) is 4.79 Å². The largest absolute Gasteiger partial charge is 0.356 e. The molecule has 1 amide bonds. The molecule has 0 aliphatic carbocycles. The van der Waals surface area contributed by atoms with Gasteiger partial charge in [0.15, 0.2) is 6.33 Å². The Kier molecular flexibility index (Phi) is 5.32. The predicted molar refractivity (Wildman–Crippen MR) is 70.4 cm³/mol. The third kappa shape index (κ3) is 4.63. The van der Waals surface area contributed by atoms with Gasteiger partial charge in [-0.3, -0.25) is 4.79 Å². The molecule has 0 radical (unpaired) electrons. The Hall–Kier alpha value is -1.43. The highest BCUT2D eigenvalue weighted by Gasteiger charge is 2.21. The van der Waals surface area contributed by atoms with Gasteiger partial charge in [0.2, 0.25) is 11.8 Å². The zero-order valence-electron chi connectivity index (χ0n) is 11.4. The molecule has 2 N–H and O–H groups in total. The molecule has 0 aromatic carbocycles. The molecule has 2 unspecified atom stereocenters. The Labute approximate surface area is 113 Å². The Morgan fingerprint density at radius 3 is 3.26 bits per heavy atom. The SMILES string of the molecule is CC(CC(=O)NCCc1ncno1)C1CCCNC1. The number of hydrogen-bond donors (Lipinski definition) is 2. The molecule has 1 aliphatic heterocycles. The molecular formula is C13H22N4O2. The fraction of sp³-hybridized carbons (Fsp3) is 0.769. The number of nitrogens with zero attached hydrogens (tertiary/aromatic N) is 2. The lowest BCUT2D eigenvalue weighted by Gasteiger charge is -2.27. The maximum atomic E-state index is 11.8. The van der Waals surface area contributed by atoms with Crippen LogP contribution < -0.4 is 10.6 Å². The number of nitrogens with one attached hydrogen (secondary N) is 2. The smallest absolute Gasteiger partial charge is 0.228 e. The molecule has 6 heteroatoms. The average Bonchev–Trinajstić information content (AvgIpc) is 2.93. The van der Waals surface area contributed by atoms with Crippen molar-refractivity contribution in [1.29, 1.82) is 0 Å². The first-order chi connectivity index (χ1) is 9.25. The second-order valence-corrected chi connectivity index (χ2v) is 5.22. The average molecular weight is 266 g/mol. The van der Waals surface area contributed by atoms with Crippen molar-refractivity contribution in [3.8, 4) is 0 Å². The Morgan fingerprint density at radius 2 is 2.58 bits per heavy atom. The van der Waals surface area contributed by atoms with E-state index in [0.29, 0.717) is 37.1 Å². The molecule has 2 rings (SSSR count). The number of amides is 1. The van der Waals surface area contributed by atoms with Crippen molar-refractivity contribution < 1.29 is 9.32 Å². The van der Waals surface area contributed by atoms with Gasteiger partial charge in [0.25, 0.3) is 0 Å². The molecule has 1 aromatic rings. The van der Waals surface area contributed by atoms with Crippen molar-refractivity contribution in [2.24, 2.45) is 11.8 Å². The van der Waals surface area contributed by atoms with Crippen molar-refractivity contribution in [2.75, 3.05) is 19.6 Å². The summed E-state index contributed by atoms with van der Waals surface area (Å²) in [7, 11) is 0. The molecule has 1 saturated heterocycles. The van der Waals surface area contributed by atoms with Crippen LogP contribution in [-0.4, -0.2) is 35.7 Å². The highest BCUT2D eigenvalue weighted by atomic mass is 16.5. The fourth-order valence-electron chi connectivity index (χ4n) is 2.51. The Morgan fingerprint density at radius 1 is 1.68 bits per heavy atom. The summed E-state index contributed by atoms with van der Waals surface area (Å²) >= 11 is 0. The molecule has 0 bridgehead atoms. The zero-order valence-corrected chi connectivity index (χ0v) is 11.4. The van der Waals surface area contributed by atoms with Crippen LogP contribution in [0.1, 0.15) is 32.1 Å². The van der Waals surface area contributed by atoms with Crippen molar-refractivity contribution in [1.82, 2.24) is 20.8 Å². The van der Waals surface area contributed by atoms with Crippen LogP contribution in [0.25, 0.3) is 0 Å². The molecule has 1 aromatic heterocycles. The lowest BCUT2D eigenvalue weighted by Crippen LogP contribution is -2.36. The van der Waals surface area contributed by atoms with Crippen LogP contribution in [0.2, 0.25) is 0 Å². The number of carbonyl (C=O) groups excluding carboxylic acids is 1. The molecule has 2 atom stereocenters. The Balaban J connectivity index is 1.63. The summed E-state index contributed by atoms with van der Waals surface area (Å²) in [5, 5.41) is 9.82. The molecule has 0 spiro atoms. The van der Waals surface area contributed by atoms with Crippen LogP contribution in [0.15, 0.2) is 10.9 Å². The van der Waals surface area contributed by atoms with Gasteiger partial charge in [0.1, 0.15) is 0 Å². The van der Waals surface area contributed by atoms with E-state index in [1.54, 1.807) is 0 Å². The van der Waals surface area contributed by atoms with Gasteiger partial charge in [-0.2, -0.15) is 4.98 Å². The molecule has 6 nitrogen and oxygen atoms in total. The highest BCUT2D eigenvalue weighted by molar-refractivity contribution is 5.76. The first kappa shape index (κ1) is 14.0. The molecule has 106 valence electrons. The quantitative estimate of drug-likeness (QED) is 0.794. The molecule has 1 fully saturated rings. The third-order valence-electron chi connectivity index (χ3n) is 3.72. The Bertz CT molecular complexity index is 374. The minimum absolute atomic E-state index is 0.109. The first-order valence-corrected chi connectivity index (χ1v) is 6.98. The number of aromatic nitrogens is 2. The topological polar surface area (TPSA) is 80.1 Å². The van der Waals surface area contributed by atoms with E-state index in [1.807, 2.05) is 0 Å². The lowest BCUT2D eigenvalue weighted by atomic mass is 9.85. The maximum Gasteiger partial charge on any atom is 0.228 e. The summed E-state index contributed by atoms with van der Waals surface area (Å²) in [6, 6.07) is 0. The van der Waals surface area contributed by atoms with Crippen LogP contribution in [0, 0.1) is 11.8 Å². The van der Waals surface area contributed by atoms with Crippen LogP contribution in [0.3, 0.4) is 0 Å². The van der Waals surface area contributed by atoms with Crippen LogP contribution in [0.5, 0.6) is 0 Å². The van der Waals surface area contributed by atoms with Gasteiger partial charge in [-0.15, -0.1) is 0 Å². The van der Waals surface area contributed by atoms with E-state index < -0.39 is 0 Å². The maximum absolute atomic E-state index is 11.8. The number of rotatable bonds is 6. The summed E-state index contributed by atoms with van der Waals surface area (Å²) in [6.45, 7) is 4.86. The van der Waals surface area contributed by atoms with Gasteiger partial charge in [-0.05, 0) is 37.8 Å². The van der Waals surface area contributed by atoms with Crippen molar-refractivity contribution in [3.05, 3.63) is 12.2 Å². The minimum atomic E-state index is 0.109. The molecular weight excluding hydrogens is 244 g/mol. The monoisotopic (exact) mass is 266 g/mol. The fourth-order valence-corrected chi connectivity index (χ4v) is 2.51. The van der Waals surface area contributed by atoms with Gasteiger partial charge in [-0.1, -0.05) is 12.1 Å². The van der Waals surface area contributed by atoms with E-state index in [1.165, 1.54) is 19.2 Å². The molecule has 1 aliphatic rings. The molecule has 0 saturated carbocycles. The summed E-state index contributed by atoms with van der Waals surface area (Å²) in [6.07, 6.45) is 4.99. The van der Waals surface area contributed by atoms with Crippen LogP contribution >= 0.6 is 0 Å². The van der Waals surface area contributed by atoms with Crippen molar-refractivity contribution >= 4 is 5.91 Å². The van der Waals surface area contributed by atoms with Crippen molar-refractivity contribution in [2.45, 2.75) is 32.6 Å². The van der Waals surface area contributed by atoms with Gasteiger partial charge < -0.3 is 15.2 Å².